The van der Waals surface area contributed by atoms with E-state index in [1.165, 1.54) is 0 Å². The highest BCUT2D eigenvalue weighted by molar-refractivity contribution is 5.97. The zero-order chi connectivity index (χ0) is 13.8. The van der Waals surface area contributed by atoms with Crippen molar-refractivity contribution in [3.63, 3.8) is 0 Å². The van der Waals surface area contributed by atoms with Crippen LogP contribution in [0.1, 0.15) is 0 Å². The molecular formula is C13H18N2O4. The van der Waals surface area contributed by atoms with Crippen LogP contribution in [0.2, 0.25) is 0 Å². The van der Waals surface area contributed by atoms with Crippen LogP contribution >= 0.6 is 0 Å². The Kier molecular flexibility index (Phi) is 4.24. The van der Waals surface area contributed by atoms with Gasteiger partial charge in [-0.25, -0.2) is 0 Å². The highest BCUT2D eigenvalue weighted by atomic mass is 16.5. The fourth-order valence-electron chi connectivity index (χ4n) is 2.06. The van der Waals surface area contributed by atoms with Crippen LogP contribution in [0, 0.1) is 0 Å². The molecule has 0 aromatic heterocycles. The Morgan fingerprint density at radius 3 is 2.74 bits per heavy atom. The fourth-order valence-corrected chi connectivity index (χ4v) is 2.06. The highest BCUT2D eigenvalue weighted by Gasteiger charge is 2.29. The number of ether oxygens (including phenoxy) is 3. The molecule has 1 heterocycles. The lowest BCUT2D eigenvalue weighted by molar-refractivity contribution is -0.133. The third-order valence-electron chi connectivity index (χ3n) is 3.07. The second-order valence-corrected chi connectivity index (χ2v) is 4.12. The second kappa shape index (κ2) is 5.90. The largest absolute Gasteiger partial charge is 0.493 e. The first-order valence-corrected chi connectivity index (χ1v) is 6.06. The molecule has 1 aliphatic rings. The van der Waals surface area contributed by atoms with Crippen LogP contribution in [-0.2, 0) is 9.53 Å². The van der Waals surface area contributed by atoms with Crippen LogP contribution < -0.4 is 20.1 Å². The topological polar surface area (TPSA) is 74.0 Å². The Hall–Kier alpha value is -1.79. The van der Waals surface area contributed by atoms with Crippen molar-refractivity contribution in [1.82, 2.24) is 0 Å². The summed E-state index contributed by atoms with van der Waals surface area (Å²) in [6.45, 7) is 1.16. The van der Waals surface area contributed by atoms with E-state index >= 15 is 0 Å². The summed E-state index contributed by atoms with van der Waals surface area (Å²) >= 11 is 0. The van der Waals surface area contributed by atoms with Crippen molar-refractivity contribution in [1.29, 1.82) is 0 Å². The van der Waals surface area contributed by atoms with Crippen molar-refractivity contribution in [3.05, 3.63) is 18.2 Å². The summed E-state index contributed by atoms with van der Waals surface area (Å²) in [6, 6.07) is 5.36. The predicted octanol–water partition coefficient (Wildman–Crippen LogP) is 0.394. The number of morpholine rings is 1. The number of amides is 1. The highest BCUT2D eigenvalue weighted by Crippen LogP contribution is 2.32. The van der Waals surface area contributed by atoms with Gasteiger partial charge in [0.25, 0.3) is 5.91 Å². The van der Waals surface area contributed by atoms with E-state index in [9.17, 15) is 4.79 Å². The lowest BCUT2D eigenvalue weighted by atomic mass is 10.2. The number of hydrogen-bond donors (Lipinski definition) is 1. The van der Waals surface area contributed by atoms with Gasteiger partial charge >= 0.3 is 0 Å². The van der Waals surface area contributed by atoms with Gasteiger partial charge in [-0.2, -0.15) is 0 Å². The summed E-state index contributed by atoms with van der Waals surface area (Å²) in [7, 11) is 3.13. The van der Waals surface area contributed by atoms with Crippen LogP contribution in [0.15, 0.2) is 18.2 Å². The minimum Gasteiger partial charge on any atom is -0.493 e. The van der Waals surface area contributed by atoms with Gasteiger partial charge in [-0.3, -0.25) is 4.79 Å². The smallest absolute Gasteiger partial charge is 0.257 e. The van der Waals surface area contributed by atoms with Crippen LogP contribution in [0.25, 0.3) is 0 Å². The number of rotatable bonds is 4. The Labute approximate surface area is 112 Å². The van der Waals surface area contributed by atoms with Gasteiger partial charge in [-0.15, -0.1) is 0 Å². The van der Waals surface area contributed by atoms with E-state index in [0.29, 0.717) is 24.7 Å². The lowest BCUT2D eigenvalue weighted by Gasteiger charge is -2.32. The zero-order valence-corrected chi connectivity index (χ0v) is 11.1. The maximum atomic E-state index is 12.2. The molecule has 19 heavy (non-hydrogen) atoms. The maximum Gasteiger partial charge on any atom is 0.257 e. The van der Waals surface area contributed by atoms with Gasteiger partial charge < -0.3 is 24.8 Å². The van der Waals surface area contributed by atoms with E-state index in [-0.39, 0.29) is 12.5 Å². The van der Waals surface area contributed by atoms with Crippen LogP contribution in [-0.4, -0.2) is 45.9 Å². The molecule has 1 saturated heterocycles. The Morgan fingerprint density at radius 2 is 2.11 bits per heavy atom. The van der Waals surface area contributed by atoms with Crippen molar-refractivity contribution in [3.8, 4) is 11.5 Å². The molecule has 1 unspecified atom stereocenters. The van der Waals surface area contributed by atoms with Gasteiger partial charge in [-0.1, -0.05) is 0 Å². The third-order valence-corrected chi connectivity index (χ3v) is 3.07. The first-order chi connectivity index (χ1) is 9.21. The molecule has 0 bridgehead atoms. The molecule has 1 aromatic rings. The van der Waals surface area contributed by atoms with E-state index in [1.807, 2.05) is 6.07 Å². The molecule has 1 aromatic carbocycles. The average Bonchev–Trinajstić information content (AvgIpc) is 2.46. The molecule has 1 fully saturated rings. The van der Waals surface area contributed by atoms with Gasteiger partial charge in [0.2, 0.25) is 0 Å². The molecule has 0 aliphatic carbocycles. The summed E-state index contributed by atoms with van der Waals surface area (Å²) < 4.78 is 15.7. The van der Waals surface area contributed by atoms with Crippen LogP contribution in [0.3, 0.4) is 0 Å². The summed E-state index contributed by atoms with van der Waals surface area (Å²) in [4.78, 5) is 13.8. The number of nitrogens with zero attached hydrogens (tertiary/aromatic N) is 1. The number of anilines is 1. The van der Waals surface area contributed by atoms with Crippen molar-refractivity contribution in [2.45, 2.75) is 6.10 Å². The molecule has 6 nitrogen and oxygen atoms in total. The molecule has 104 valence electrons. The maximum absolute atomic E-state index is 12.2. The van der Waals surface area contributed by atoms with E-state index in [1.54, 1.807) is 31.3 Å². The first kappa shape index (κ1) is 13.6. The summed E-state index contributed by atoms with van der Waals surface area (Å²) in [5.41, 5.74) is 6.27. The van der Waals surface area contributed by atoms with Gasteiger partial charge in [-0.05, 0) is 12.1 Å². The van der Waals surface area contributed by atoms with Gasteiger partial charge in [0, 0.05) is 24.8 Å². The third kappa shape index (κ3) is 2.64. The van der Waals surface area contributed by atoms with Gasteiger partial charge in [0.1, 0.15) is 6.10 Å². The standard InChI is InChI=1S/C13H18N2O4/c1-17-10-4-3-9(7-11(10)18-2)15-5-6-19-12(8-14)13(15)16/h3-4,7,12H,5-6,8,14H2,1-2H3. The van der Waals surface area contributed by atoms with Crippen molar-refractivity contribution < 1.29 is 19.0 Å². The molecule has 1 amide bonds. The number of hydrogen-bond acceptors (Lipinski definition) is 5. The fraction of sp³-hybridized carbons (Fsp3) is 0.462. The van der Waals surface area contributed by atoms with E-state index in [4.69, 9.17) is 19.9 Å². The monoisotopic (exact) mass is 266 g/mol. The second-order valence-electron chi connectivity index (χ2n) is 4.12. The number of nitrogens with two attached hydrogens (primary N) is 1. The molecule has 0 saturated carbocycles. The quantitative estimate of drug-likeness (QED) is 0.853. The van der Waals surface area contributed by atoms with E-state index in [0.717, 1.165) is 5.69 Å². The minimum atomic E-state index is -0.568. The Bertz CT molecular complexity index is 464. The number of methoxy groups -OCH3 is 2. The molecule has 2 rings (SSSR count). The zero-order valence-electron chi connectivity index (χ0n) is 11.1. The average molecular weight is 266 g/mol. The Balaban J connectivity index is 2.28. The predicted molar refractivity (Wildman–Crippen MR) is 70.7 cm³/mol. The van der Waals surface area contributed by atoms with Crippen molar-refractivity contribution in [2.75, 3.05) is 38.8 Å². The minimum absolute atomic E-state index is 0.124. The van der Waals surface area contributed by atoms with E-state index in [2.05, 4.69) is 0 Å². The number of carbonyl (C=O) groups is 1. The normalized spacial score (nSPS) is 19.4. The van der Waals surface area contributed by atoms with Gasteiger partial charge in [0.15, 0.2) is 11.5 Å². The molecule has 2 N–H and O–H groups in total. The number of benzene rings is 1. The van der Waals surface area contributed by atoms with Crippen LogP contribution in [0.4, 0.5) is 5.69 Å². The number of carbonyl (C=O) groups excluding carboxylic acids is 1. The Morgan fingerprint density at radius 1 is 1.37 bits per heavy atom. The molecule has 1 atom stereocenters. The first-order valence-electron chi connectivity index (χ1n) is 6.06. The van der Waals surface area contributed by atoms with E-state index < -0.39 is 6.10 Å². The molecular weight excluding hydrogens is 248 g/mol. The van der Waals surface area contributed by atoms with Crippen molar-refractivity contribution in [2.24, 2.45) is 5.73 Å². The molecule has 0 radical (unpaired) electrons. The van der Waals surface area contributed by atoms with Crippen molar-refractivity contribution >= 4 is 11.6 Å². The summed E-state index contributed by atoms with van der Waals surface area (Å²) in [6.07, 6.45) is -0.568. The molecule has 1 aliphatic heterocycles. The molecule has 6 heteroatoms. The summed E-state index contributed by atoms with van der Waals surface area (Å²) in [5.74, 6) is 1.09. The molecule has 0 spiro atoms. The SMILES string of the molecule is COc1ccc(N2CCOC(CN)C2=O)cc1OC. The van der Waals surface area contributed by atoms with Crippen LogP contribution in [0.5, 0.6) is 11.5 Å². The van der Waals surface area contributed by atoms with Gasteiger partial charge in [0.05, 0.1) is 20.8 Å². The lowest BCUT2D eigenvalue weighted by Crippen LogP contribution is -2.50. The summed E-state index contributed by atoms with van der Waals surface area (Å²) in [5, 5.41) is 0.